The van der Waals surface area contributed by atoms with Gasteiger partial charge in [-0.05, 0) is 43.0 Å². The van der Waals surface area contributed by atoms with Gasteiger partial charge in [0.2, 0.25) is 0 Å². The monoisotopic (exact) mass is 276 g/mol. The number of β-amino-alcohol motifs (C(OH)–C–C–N with tert-alkyl or cyclic N) is 1. The zero-order valence-electron chi connectivity index (χ0n) is 11.8. The van der Waals surface area contributed by atoms with Crippen molar-refractivity contribution < 1.29 is 14.7 Å². The molecule has 5 nitrogen and oxygen atoms in total. The van der Waals surface area contributed by atoms with Crippen LogP contribution in [-0.4, -0.2) is 41.0 Å². The van der Waals surface area contributed by atoms with E-state index in [1.54, 1.807) is 6.07 Å². The van der Waals surface area contributed by atoms with Crippen LogP contribution in [-0.2, 0) is 16.0 Å². The molecule has 0 spiro atoms. The van der Waals surface area contributed by atoms with Crippen molar-refractivity contribution in [2.45, 2.75) is 32.8 Å². The van der Waals surface area contributed by atoms with Crippen molar-refractivity contribution in [1.29, 1.82) is 0 Å². The van der Waals surface area contributed by atoms with Crippen LogP contribution in [0.5, 0.6) is 0 Å². The predicted octanol–water partition coefficient (Wildman–Crippen LogP) is 1.09. The van der Waals surface area contributed by atoms with Crippen LogP contribution in [0, 0.1) is 6.92 Å². The van der Waals surface area contributed by atoms with Crippen molar-refractivity contribution in [2.75, 3.05) is 18.4 Å². The second-order valence-electron chi connectivity index (χ2n) is 5.14. The summed E-state index contributed by atoms with van der Waals surface area (Å²) < 4.78 is 0. The molecular formula is C15H20N2O3. The van der Waals surface area contributed by atoms with Crippen LogP contribution in [0.2, 0.25) is 0 Å². The zero-order chi connectivity index (χ0) is 14.7. The van der Waals surface area contributed by atoms with E-state index in [9.17, 15) is 14.7 Å². The number of aliphatic hydroxyl groups excluding tert-OH is 1. The molecule has 1 aromatic carbocycles. The summed E-state index contributed by atoms with van der Waals surface area (Å²) in [5.74, 6) is -1.23. The van der Waals surface area contributed by atoms with Gasteiger partial charge in [-0.2, -0.15) is 0 Å². The maximum absolute atomic E-state index is 11.9. The van der Waals surface area contributed by atoms with Gasteiger partial charge >= 0.3 is 11.8 Å². The number of amides is 2. The standard InChI is InChI=1S/C15H20N2O3/c1-3-11-8-12(5-4-10(11)2)16-14(19)15(20)17-7-6-13(18)9-17/h4-5,8,13,18H,3,6-7,9H2,1-2H3,(H,16,19)/t13-/m0/s1. The Balaban J connectivity index is 2.02. The number of nitrogens with zero attached hydrogens (tertiary/aromatic N) is 1. The van der Waals surface area contributed by atoms with Gasteiger partial charge in [-0.1, -0.05) is 13.0 Å². The van der Waals surface area contributed by atoms with Crippen LogP contribution in [0.3, 0.4) is 0 Å². The number of anilines is 1. The molecular weight excluding hydrogens is 256 g/mol. The van der Waals surface area contributed by atoms with Gasteiger partial charge in [0.15, 0.2) is 0 Å². The van der Waals surface area contributed by atoms with Crippen LogP contribution in [0.4, 0.5) is 5.69 Å². The number of hydrogen-bond donors (Lipinski definition) is 2. The van der Waals surface area contributed by atoms with Crippen LogP contribution in [0.25, 0.3) is 0 Å². The summed E-state index contributed by atoms with van der Waals surface area (Å²) in [6, 6.07) is 5.61. The van der Waals surface area contributed by atoms with Crippen LogP contribution >= 0.6 is 0 Å². The maximum atomic E-state index is 11.9. The van der Waals surface area contributed by atoms with Gasteiger partial charge in [0, 0.05) is 18.8 Å². The molecule has 1 saturated heterocycles. The zero-order valence-corrected chi connectivity index (χ0v) is 11.8. The highest BCUT2D eigenvalue weighted by molar-refractivity contribution is 6.39. The highest BCUT2D eigenvalue weighted by Gasteiger charge is 2.28. The lowest BCUT2D eigenvalue weighted by molar-refractivity contribution is -0.142. The summed E-state index contributed by atoms with van der Waals surface area (Å²) in [6.07, 6.45) is 0.892. The molecule has 108 valence electrons. The largest absolute Gasteiger partial charge is 0.391 e. The van der Waals surface area contributed by atoms with Gasteiger partial charge in [-0.15, -0.1) is 0 Å². The maximum Gasteiger partial charge on any atom is 0.313 e. The van der Waals surface area contributed by atoms with E-state index in [1.807, 2.05) is 26.0 Å². The first-order valence-corrected chi connectivity index (χ1v) is 6.89. The number of carbonyl (C=O) groups is 2. The number of rotatable bonds is 2. The second kappa shape index (κ2) is 6.05. The fraction of sp³-hybridized carbons (Fsp3) is 0.467. The van der Waals surface area contributed by atoms with E-state index in [0.717, 1.165) is 12.0 Å². The van der Waals surface area contributed by atoms with E-state index in [1.165, 1.54) is 10.5 Å². The molecule has 0 saturated carbocycles. The Labute approximate surface area is 118 Å². The number of nitrogens with one attached hydrogen (secondary N) is 1. The van der Waals surface area contributed by atoms with Gasteiger partial charge < -0.3 is 15.3 Å². The average Bonchev–Trinajstić information content (AvgIpc) is 2.86. The fourth-order valence-corrected chi connectivity index (χ4v) is 2.38. The van der Waals surface area contributed by atoms with Crippen LogP contribution in [0.15, 0.2) is 18.2 Å². The molecule has 0 aromatic heterocycles. The van der Waals surface area contributed by atoms with Crippen molar-refractivity contribution in [3.05, 3.63) is 29.3 Å². The predicted molar refractivity (Wildman–Crippen MR) is 76.4 cm³/mol. The molecule has 2 amide bonds. The van der Waals surface area contributed by atoms with Crippen LogP contribution < -0.4 is 5.32 Å². The summed E-state index contributed by atoms with van der Waals surface area (Å²) in [6.45, 7) is 4.73. The summed E-state index contributed by atoms with van der Waals surface area (Å²) in [4.78, 5) is 25.2. The Morgan fingerprint density at radius 2 is 2.20 bits per heavy atom. The molecule has 0 aliphatic carbocycles. The minimum atomic E-state index is -0.648. The van der Waals surface area contributed by atoms with Gasteiger partial charge in [0.25, 0.3) is 0 Å². The lowest BCUT2D eigenvalue weighted by Gasteiger charge is -2.15. The number of hydrogen-bond acceptors (Lipinski definition) is 3. The summed E-state index contributed by atoms with van der Waals surface area (Å²) in [7, 11) is 0. The molecule has 5 heteroatoms. The smallest absolute Gasteiger partial charge is 0.313 e. The Bertz CT molecular complexity index is 528. The van der Waals surface area contributed by atoms with Gasteiger partial charge in [-0.3, -0.25) is 9.59 Å². The molecule has 2 rings (SSSR count). The minimum Gasteiger partial charge on any atom is -0.391 e. The molecule has 0 bridgehead atoms. The van der Waals surface area contributed by atoms with E-state index < -0.39 is 17.9 Å². The first-order chi connectivity index (χ1) is 9.51. The van der Waals surface area contributed by atoms with Crippen LogP contribution in [0.1, 0.15) is 24.5 Å². The normalized spacial score (nSPS) is 18.1. The van der Waals surface area contributed by atoms with Crippen molar-refractivity contribution in [3.8, 4) is 0 Å². The van der Waals surface area contributed by atoms with Crippen molar-refractivity contribution >= 4 is 17.5 Å². The third kappa shape index (κ3) is 3.17. The molecule has 1 aromatic rings. The molecule has 1 aliphatic rings. The number of likely N-dealkylation sites (tertiary alicyclic amines) is 1. The van der Waals surface area contributed by atoms with Gasteiger partial charge in [-0.25, -0.2) is 0 Å². The van der Waals surface area contributed by atoms with E-state index >= 15 is 0 Å². The molecule has 20 heavy (non-hydrogen) atoms. The number of aliphatic hydroxyl groups is 1. The average molecular weight is 276 g/mol. The molecule has 1 heterocycles. The summed E-state index contributed by atoms with van der Waals surface area (Å²) >= 11 is 0. The molecule has 2 N–H and O–H groups in total. The third-order valence-electron chi connectivity index (χ3n) is 3.63. The molecule has 0 unspecified atom stereocenters. The first-order valence-electron chi connectivity index (χ1n) is 6.89. The van der Waals surface area contributed by atoms with E-state index in [2.05, 4.69) is 5.32 Å². The Hall–Kier alpha value is -1.88. The SMILES string of the molecule is CCc1cc(NC(=O)C(=O)N2CC[C@H](O)C2)ccc1C. The third-order valence-corrected chi connectivity index (χ3v) is 3.63. The molecule has 1 atom stereocenters. The lowest BCUT2D eigenvalue weighted by Crippen LogP contribution is -2.38. The fourth-order valence-electron chi connectivity index (χ4n) is 2.38. The molecule has 1 fully saturated rings. The molecule has 0 radical (unpaired) electrons. The summed E-state index contributed by atoms with van der Waals surface area (Å²) in [5, 5.41) is 12.0. The van der Waals surface area contributed by atoms with E-state index in [0.29, 0.717) is 18.7 Å². The lowest BCUT2D eigenvalue weighted by atomic mass is 10.1. The Kier molecular flexibility index (Phi) is 4.39. The van der Waals surface area contributed by atoms with Crippen molar-refractivity contribution in [3.63, 3.8) is 0 Å². The number of aryl methyl sites for hydroxylation is 2. The topological polar surface area (TPSA) is 69.6 Å². The van der Waals surface area contributed by atoms with Gasteiger partial charge in [0.1, 0.15) is 0 Å². The highest BCUT2D eigenvalue weighted by atomic mass is 16.3. The highest BCUT2D eigenvalue weighted by Crippen LogP contribution is 2.16. The second-order valence-corrected chi connectivity index (χ2v) is 5.14. The quantitative estimate of drug-likeness (QED) is 0.794. The Morgan fingerprint density at radius 1 is 1.45 bits per heavy atom. The Morgan fingerprint density at radius 3 is 2.80 bits per heavy atom. The van der Waals surface area contributed by atoms with Crippen molar-refractivity contribution in [1.82, 2.24) is 4.90 Å². The summed E-state index contributed by atoms with van der Waals surface area (Å²) in [5.41, 5.74) is 2.94. The number of benzene rings is 1. The first kappa shape index (κ1) is 14.5. The van der Waals surface area contributed by atoms with E-state index in [4.69, 9.17) is 0 Å². The molecule has 1 aliphatic heterocycles. The number of carbonyl (C=O) groups excluding carboxylic acids is 2. The minimum absolute atomic E-state index is 0.236. The van der Waals surface area contributed by atoms with E-state index in [-0.39, 0.29) is 6.54 Å². The van der Waals surface area contributed by atoms with Gasteiger partial charge in [0.05, 0.1) is 6.10 Å². The van der Waals surface area contributed by atoms with Crippen molar-refractivity contribution in [2.24, 2.45) is 0 Å².